The molecule has 0 bridgehead atoms. The number of aromatic hydroxyl groups is 1. The van der Waals surface area contributed by atoms with Crippen LogP contribution in [0.2, 0.25) is 5.02 Å². The van der Waals surface area contributed by atoms with Gasteiger partial charge < -0.3 is 10.4 Å². The van der Waals surface area contributed by atoms with E-state index in [1.807, 2.05) is 27.7 Å². The molecule has 0 aromatic heterocycles. The van der Waals surface area contributed by atoms with Crippen molar-refractivity contribution in [3.05, 3.63) is 22.7 Å². The predicted molar refractivity (Wildman–Crippen MR) is 70.7 cm³/mol. The molecule has 0 aliphatic carbocycles. The van der Waals surface area contributed by atoms with Crippen LogP contribution in [0, 0.1) is 5.92 Å². The second kappa shape index (κ2) is 5.41. The number of carbonyl (C=O) groups excluding carboxylic acids is 1. The molecule has 17 heavy (non-hydrogen) atoms. The van der Waals surface area contributed by atoms with E-state index in [4.69, 9.17) is 11.6 Å². The Bertz CT molecular complexity index is 428. The quantitative estimate of drug-likeness (QED) is 0.808. The number of amides is 1. The van der Waals surface area contributed by atoms with Gasteiger partial charge in [-0.3, -0.25) is 4.79 Å². The highest BCUT2D eigenvalue weighted by atomic mass is 35.5. The summed E-state index contributed by atoms with van der Waals surface area (Å²) in [6, 6.07) is 3.31. The van der Waals surface area contributed by atoms with Gasteiger partial charge in [-0.15, -0.1) is 0 Å². The van der Waals surface area contributed by atoms with Crippen LogP contribution in [0.1, 0.15) is 39.2 Å². The molecule has 0 heterocycles. The fourth-order valence-corrected chi connectivity index (χ4v) is 1.65. The highest BCUT2D eigenvalue weighted by molar-refractivity contribution is 6.32. The molecular formula is C13H18ClNO2. The molecule has 4 heteroatoms. The zero-order chi connectivity index (χ0) is 13.2. The molecule has 1 aromatic rings. The Morgan fingerprint density at radius 1 is 1.29 bits per heavy atom. The number of anilines is 1. The summed E-state index contributed by atoms with van der Waals surface area (Å²) in [6.07, 6.45) is 0. The highest BCUT2D eigenvalue weighted by Gasteiger charge is 2.14. The summed E-state index contributed by atoms with van der Waals surface area (Å²) in [4.78, 5) is 11.6. The molecule has 0 spiro atoms. The number of hydrogen-bond donors (Lipinski definition) is 2. The molecule has 1 amide bonds. The molecule has 3 nitrogen and oxygen atoms in total. The van der Waals surface area contributed by atoms with Crippen LogP contribution >= 0.6 is 11.6 Å². The van der Waals surface area contributed by atoms with E-state index in [1.165, 1.54) is 0 Å². The molecule has 0 aliphatic rings. The van der Waals surface area contributed by atoms with Crippen molar-refractivity contribution in [3.63, 3.8) is 0 Å². The number of nitrogens with one attached hydrogen (secondary N) is 1. The Labute approximate surface area is 107 Å². The highest BCUT2D eigenvalue weighted by Crippen LogP contribution is 2.35. The van der Waals surface area contributed by atoms with Gasteiger partial charge in [0, 0.05) is 17.2 Å². The van der Waals surface area contributed by atoms with E-state index in [1.54, 1.807) is 12.1 Å². The van der Waals surface area contributed by atoms with Gasteiger partial charge in [0.25, 0.3) is 0 Å². The van der Waals surface area contributed by atoms with Crippen LogP contribution in [0.3, 0.4) is 0 Å². The van der Waals surface area contributed by atoms with Gasteiger partial charge in [0.2, 0.25) is 5.91 Å². The lowest BCUT2D eigenvalue weighted by Crippen LogP contribution is -2.17. The summed E-state index contributed by atoms with van der Waals surface area (Å²) in [5.74, 6) is 0.0687. The summed E-state index contributed by atoms with van der Waals surface area (Å²) in [5, 5.41) is 12.8. The molecule has 1 rings (SSSR count). The maximum atomic E-state index is 11.6. The van der Waals surface area contributed by atoms with Crippen molar-refractivity contribution < 1.29 is 9.90 Å². The first-order chi connectivity index (χ1) is 7.82. The number of phenols is 1. The second-order valence-corrected chi connectivity index (χ2v) is 5.10. The van der Waals surface area contributed by atoms with E-state index in [-0.39, 0.29) is 28.5 Å². The molecule has 1 aromatic carbocycles. The van der Waals surface area contributed by atoms with Crippen molar-refractivity contribution in [3.8, 4) is 5.75 Å². The maximum Gasteiger partial charge on any atom is 0.226 e. The average Bonchev–Trinajstić information content (AvgIpc) is 2.22. The fourth-order valence-electron chi connectivity index (χ4n) is 1.42. The van der Waals surface area contributed by atoms with Crippen LogP contribution < -0.4 is 5.32 Å². The molecule has 94 valence electrons. The minimum Gasteiger partial charge on any atom is -0.506 e. The molecule has 0 saturated carbocycles. The van der Waals surface area contributed by atoms with Crippen LogP contribution in [-0.4, -0.2) is 11.0 Å². The second-order valence-electron chi connectivity index (χ2n) is 4.69. The zero-order valence-electron chi connectivity index (χ0n) is 10.5. The maximum absolute atomic E-state index is 11.6. The minimum atomic E-state index is -0.0925. The monoisotopic (exact) mass is 255 g/mol. The van der Waals surface area contributed by atoms with Crippen LogP contribution in [0.4, 0.5) is 5.69 Å². The summed E-state index contributed by atoms with van der Waals surface area (Å²) in [6.45, 7) is 7.56. The number of halogens is 1. The molecule has 0 unspecified atom stereocenters. The Balaban J connectivity index is 3.07. The molecular weight excluding hydrogens is 238 g/mol. The van der Waals surface area contributed by atoms with E-state index in [0.29, 0.717) is 5.69 Å². The van der Waals surface area contributed by atoms with Crippen LogP contribution in [-0.2, 0) is 4.79 Å². The fraction of sp³-hybridized carbons (Fsp3) is 0.462. The Morgan fingerprint density at radius 2 is 1.88 bits per heavy atom. The molecule has 0 aliphatic heterocycles. The number of benzene rings is 1. The molecule has 0 atom stereocenters. The van der Waals surface area contributed by atoms with Gasteiger partial charge in [0.1, 0.15) is 5.75 Å². The third-order valence-electron chi connectivity index (χ3n) is 2.51. The van der Waals surface area contributed by atoms with Gasteiger partial charge in [0.15, 0.2) is 0 Å². The lowest BCUT2D eigenvalue weighted by atomic mass is 10.0. The van der Waals surface area contributed by atoms with E-state index in [2.05, 4.69) is 5.32 Å². The smallest absolute Gasteiger partial charge is 0.226 e. The SMILES string of the molecule is CC(C)C(=O)Nc1cc(Cl)c(O)c(C(C)C)c1. The Hall–Kier alpha value is -1.22. The van der Waals surface area contributed by atoms with Gasteiger partial charge in [-0.1, -0.05) is 39.3 Å². The van der Waals surface area contributed by atoms with E-state index >= 15 is 0 Å². The first-order valence-corrected chi connectivity index (χ1v) is 6.04. The number of hydrogen-bond acceptors (Lipinski definition) is 2. The standard InChI is InChI=1S/C13H18ClNO2/c1-7(2)10-5-9(6-11(14)12(10)16)15-13(17)8(3)4/h5-8,16H,1-4H3,(H,15,17). The predicted octanol–water partition coefficient (Wildman–Crippen LogP) is 3.76. The van der Waals surface area contributed by atoms with Crippen molar-refractivity contribution in [2.45, 2.75) is 33.6 Å². The Kier molecular flexibility index (Phi) is 4.40. The first-order valence-electron chi connectivity index (χ1n) is 5.66. The third kappa shape index (κ3) is 3.37. The van der Waals surface area contributed by atoms with E-state index in [0.717, 1.165) is 5.56 Å². The van der Waals surface area contributed by atoms with Crippen LogP contribution in [0.25, 0.3) is 0 Å². The van der Waals surface area contributed by atoms with Crippen molar-refractivity contribution in [1.82, 2.24) is 0 Å². The van der Waals surface area contributed by atoms with Gasteiger partial charge >= 0.3 is 0 Å². The van der Waals surface area contributed by atoms with Gasteiger partial charge in [0.05, 0.1) is 5.02 Å². The average molecular weight is 256 g/mol. The normalized spacial score (nSPS) is 11.0. The van der Waals surface area contributed by atoms with Crippen molar-refractivity contribution in [1.29, 1.82) is 0 Å². The van der Waals surface area contributed by atoms with Crippen molar-refractivity contribution >= 4 is 23.2 Å². The summed E-state index contributed by atoms with van der Waals surface area (Å²) >= 11 is 5.92. The van der Waals surface area contributed by atoms with E-state index in [9.17, 15) is 9.90 Å². The lowest BCUT2D eigenvalue weighted by molar-refractivity contribution is -0.118. The summed E-state index contributed by atoms with van der Waals surface area (Å²) in [5.41, 5.74) is 1.35. The number of phenolic OH excluding ortho intramolecular Hbond substituents is 1. The number of rotatable bonds is 3. The van der Waals surface area contributed by atoms with Crippen LogP contribution in [0.5, 0.6) is 5.75 Å². The molecule has 2 N–H and O–H groups in total. The Morgan fingerprint density at radius 3 is 2.35 bits per heavy atom. The lowest BCUT2D eigenvalue weighted by Gasteiger charge is -2.14. The molecule has 0 radical (unpaired) electrons. The van der Waals surface area contributed by atoms with Gasteiger partial charge in [-0.25, -0.2) is 0 Å². The largest absolute Gasteiger partial charge is 0.506 e. The zero-order valence-corrected chi connectivity index (χ0v) is 11.3. The van der Waals surface area contributed by atoms with Crippen molar-refractivity contribution in [2.75, 3.05) is 5.32 Å². The van der Waals surface area contributed by atoms with Gasteiger partial charge in [-0.2, -0.15) is 0 Å². The number of carbonyl (C=O) groups is 1. The first kappa shape index (κ1) is 13.8. The molecule has 0 saturated heterocycles. The minimum absolute atomic E-state index is 0.0681. The van der Waals surface area contributed by atoms with Gasteiger partial charge in [-0.05, 0) is 18.1 Å². The topological polar surface area (TPSA) is 49.3 Å². The van der Waals surface area contributed by atoms with E-state index < -0.39 is 0 Å². The summed E-state index contributed by atoms with van der Waals surface area (Å²) < 4.78 is 0. The summed E-state index contributed by atoms with van der Waals surface area (Å²) in [7, 11) is 0. The van der Waals surface area contributed by atoms with Crippen molar-refractivity contribution in [2.24, 2.45) is 5.92 Å². The molecule has 0 fully saturated rings. The third-order valence-corrected chi connectivity index (χ3v) is 2.79. The van der Waals surface area contributed by atoms with Crippen LogP contribution in [0.15, 0.2) is 12.1 Å².